The molecule has 2 aromatic rings. The van der Waals surface area contributed by atoms with Crippen LogP contribution in [-0.2, 0) is 16.0 Å². The first-order chi connectivity index (χ1) is 11.4. The molecule has 3 rings (SSSR count). The zero-order chi connectivity index (χ0) is 17.3. The molecule has 1 fully saturated rings. The van der Waals surface area contributed by atoms with E-state index < -0.39 is 5.97 Å². The van der Waals surface area contributed by atoms with Crippen molar-refractivity contribution in [3.05, 3.63) is 21.5 Å². The van der Waals surface area contributed by atoms with Crippen molar-refractivity contribution in [3.63, 3.8) is 0 Å². The van der Waals surface area contributed by atoms with E-state index in [1.54, 1.807) is 5.38 Å². The molecule has 2 heterocycles. The number of thiazole rings is 2. The summed E-state index contributed by atoms with van der Waals surface area (Å²) < 4.78 is 0. The van der Waals surface area contributed by atoms with Gasteiger partial charge in [-0.1, -0.05) is 6.92 Å². The van der Waals surface area contributed by atoms with Gasteiger partial charge in [-0.2, -0.15) is 0 Å². The number of aryl methyl sites for hydroxylation is 1. The molecule has 0 atom stereocenters. The van der Waals surface area contributed by atoms with Crippen LogP contribution in [0.15, 0.2) is 10.8 Å². The molecule has 8 heteroatoms. The lowest BCUT2D eigenvalue weighted by Crippen LogP contribution is -2.16. The Kier molecular flexibility index (Phi) is 4.60. The summed E-state index contributed by atoms with van der Waals surface area (Å²) >= 11 is 2.64. The first-order valence-corrected chi connectivity index (χ1v) is 9.32. The molecule has 1 N–H and O–H groups in total. The Bertz CT molecular complexity index is 805. The smallest absolute Gasteiger partial charge is 0.355 e. The van der Waals surface area contributed by atoms with Crippen LogP contribution in [0.3, 0.4) is 0 Å². The van der Waals surface area contributed by atoms with Gasteiger partial charge in [0.15, 0.2) is 5.69 Å². The van der Waals surface area contributed by atoms with Gasteiger partial charge >= 0.3 is 5.97 Å². The number of hydrogen-bond acceptors (Lipinski definition) is 7. The molecule has 0 aromatic carbocycles. The summed E-state index contributed by atoms with van der Waals surface area (Å²) in [6.07, 6.45) is 2.59. The SMILES string of the molecule is CC1(C(=O)CC(=O)CCc2nc(-c3nc(C(=O)O)cs3)cs2)CC1. The van der Waals surface area contributed by atoms with Crippen LogP contribution in [0, 0.1) is 5.41 Å². The van der Waals surface area contributed by atoms with Crippen LogP contribution in [0.1, 0.15) is 48.1 Å². The van der Waals surface area contributed by atoms with Crippen molar-refractivity contribution < 1.29 is 19.5 Å². The maximum absolute atomic E-state index is 11.9. The minimum atomic E-state index is -1.06. The van der Waals surface area contributed by atoms with E-state index in [9.17, 15) is 14.4 Å². The first-order valence-electron chi connectivity index (χ1n) is 7.56. The predicted octanol–water partition coefficient (Wildman–Crippen LogP) is 3.23. The number of carboxylic acid groups (broad SMARTS) is 1. The maximum Gasteiger partial charge on any atom is 0.355 e. The summed E-state index contributed by atoms with van der Waals surface area (Å²) in [7, 11) is 0. The zero-order valence-electron chi connectivity index (χ0n) is 13.1. The van der Waals surface area contributed by atoms with Gasteiger partial charge in [0, 0.05) is 29.0 Å². The van der Waals surface area contributed by atoms with Gasteiger partial charge in [0.1, 0.15) is 22.3 Å². The van der Waals surface area contributed by atoms with Crippen molar-refractivity contribution in [2.45, 2.75) is 39.0 Å². The average Bonchev–Trinajstić information content (AvgIpc) is 2.96. The van der Waals surface area contributed by atoms with Gasteiger partial charge in [-0.3, -0.25) is 9.59 Å². The van der Waals surface area contributed by atoms with Gasteiger partial charge in [0.05, 0.1) is 11.4 Å². The van der Waals surface area contributed by atoms with E-state index in [4.69, 9.17) is 5.11 Å². The second-order valence-corrected chi connectivity index (χ2v) is 7.97. The molecule has 0 amide bonds. The van der Waals surface area contributed by atoms with Crippen LogP contribution in [0.2, 0.25) is 0 Å². The van der Waals surface area contributed by atoms with Crippen LogP contribution in [0.4, 0.5) is 0 Å². The second kappa shape index (κ2) is 6.52. The average molecular weight is 364 g/mol. The number of carbonyl (C=O) groups is 3. The van der Waals surface area contributed by atoms with Crippen LogP contribution in [0.5, 0.6) is 0 Å². The maximum atomic E-state index is 11.9. The lowest BCUT2D eigenvalue weighted by molar-refractivity contribution is -0.129. The van der Waals surface area contributed by atoms with E-state index >= 15 is 0 Å². The van der Waals surface area contributed by atoms with Crippen molar-refractivity contribution in [2.24, 2.45) is 5.41 Å². The normalized spacial score (nSPS) is 15.2. The number of carboxylic acids is 1. The van der Waals surface area contributed by atoms with Crippen LogP contribution >= 0.6 is 22.7 Å². The molecule has 1 saturated carbocycles. The molecule has 6 nitrogen and oxygen atoms in total. The Morgan fingerprint density at radius 2 is 1.96 bits per heavy atom. The fourth-order valence-corrected chi connectivity index (χ4v) is 3.82. The molecule has 0 aliphatic heterocycles. The second-order valence-electron chi connectivity index (χ2n) is 6.17. The summed E-state index contributed by atoms with van der Waals surface area (Å²) in [5.41, 5.74) is 0.379. The van der Waals surface area contributed by atoms with E-state index in [1.165, 1.54) is 28.1 Å². The number of aromatic nitrogens is 2. The minimum absolute atomic E-state index is 0.00631. The van der Waals surface area contributed by atoms with E-state index in [2.05, 4.69) is 9.97 Å². The molecule has 0 unspecified atom stereocenters. The number of rotatable bonds is 8. The van der Waals surface area contributed by atoms with Gasteiger partial charge in [0.2, 0.25) is 0 Å². The molecule has 24 heavy (non-hydrogen) atoms. The lowest BCUT2D eigenvalue weighted by Gasteiger charge is -2.05. The molecule has 0 radical (unpaired) electrons. The largest absolute Gasteiger partial charge is 0.476 e. The molecular weight excluding hydrogens is 348 g/mol. The van der Waals surface area contributed by atoms with Gasteiger partial charge in [-0.15, -0.1) is 22.7 Å². The van der Waals surface area contributed by atoms with Gasteiger partial charge < -0.3 is 5.11 Å². The summed E-state index contributed by atoms with van der Waals surface area (Å²) in [6, 6.07) is 0. The number of hydrogen-bond donors (Lipinski definition) is 1. The summed E-state index contributed by atoms with van der Waals surface area (Å²) in [6.45, 7) is 1.91. The third-order valence-electron chi connectivity index (χ3n) is 4.14. The first kappa shape index (κ1) is 16.9. The lowest BCUT2D eigenvalue weighted by atomic mass is 9.98. The molecule has 0 saturated heterocycles. The molecule has 0 spiro atoms. The Labute approximate surface area is 146 Å². The van der Waals surface area contributed by atoms with Gasteiger partial charge in [-0.05, 0) is 12.8 Å². The fourth-order valence-electron chi connectivity index (χ4n) is 2.21. The van der Waals surface area contributed by atoms with Crippen LogP contribution < -0.4 is 0 Å². The highest BCUT2D eigenvalue weighted by Crippen LogP contribution is 2.46. The highest BCUT2D eigenvalue weighted by atomic mass is 32.1. The Hall–Kier alpha value is -1.93. The van der Waals surface area contributed by atoms with Crippen molar-refractivity contribution in [2.75, 3.05) is 0 Å². The number of Topliss-reactive ketones (excluding diaryl/α,β-unsaturated/α-hetero) is 2. The molecule has 126 valence electrons. The summed E-state index contributed by atoms with van der Waals surface area (Å²) in [4.78, 5) is 43.1. The quantitative estimate of drug-likeness (QED) is 0.722. The molecule has 1 aliphatic rings. The van der Waals surface area contributed by atoms with E-state index in [1.807, 2.05) is 6.92 Å². The third-order valence-corrected chi connectivity index (χ3v) is 5.92. The zero-order valence-corrected chi connectivity index (χ0v) is 14.7. The standard InChI is InChI=1S/C16H16N2O4S2/c1-16(4-5-16)12(20)6-9(19)2-3-13-17-10(7-23-13)14-18-11(8-24-14)15(21)22/h7-8H,2-6H2,1H3,(H,21,22). The number of carbonyl (C=O) groups excluding carboxylic acids is 2. The Balaban J connectivity index is 1.55. The highest BCUT2D eigenvalue weighted by Gasteiger charge is 2.44. The molecule has 0 bridgehead atoms. The van der Waals surface area contributed by atoms with Crippen molar-refractivity contribution in [1.29, 1.82) is 0 Å². The van der Waals surface area contributed by atoms with Gasteiger partial charge in [-0.25, -0.2) is 14.8 Å². The minimum Gasteiger partial charge on any atom is -0.476 e. The predicted molar refractivity (Wildman–Crippen MR) is 90.5 cm³/mol. The fraction of sp³-hybridized carbons (Fsp3) is 0.438. The number of ketones is 2. The number of aromatic carboxylic acids is 1. The van der Waals surface area contributed by atoms with Gasteiger partial charge in [0.25, 0.3) is 0 Å². The molecule has 2 aromatic heterocycles. The third kappa shape index (κ3) is 3.76. The van der Waals surface area contributed by atoms with E-state index in [0.29, 0.717) is 23.5 Å². The molecule has 1 aliphatic carbocycles. The monoisotopic (exact) mass is 364 g/mol. The van der Waals surface area contributed by atoms with Crippen molar-refractivity contribution in [3.8, 4) is 10.7 Å². The van der Waals surface area contributed by atoms with Crippen LogP contribution in [-0.4, -0.2) is 32.6 Å². The van der Waals surface area contributed by atoms with Crippen molar-refractivity contribution >= 4 is 40.2 Å². The van der Waals surface area contributed by atoms with E-state index in [0.717, 1.165) is 17.8 Å². The van der Waals surface area contributed by atoms with E-state index in [-0.39, 0.29) is 29.1 Å². The highest BCUT2D eigenvalue weighted by molar-refractivity contribution is 7.14. The Morgan fingerprint density at radius 1 is 1.21 bits per heavy atom. The summed E-state index contributed by atoms with van der Waals surface area (Å²) in [5, 5.41) is 13.5. The number of nitrogens with zero attached hydrogens (tertiary/aromatic N) is 2. The topological polar surface area (TPSA) is 97.2 Å². The summed E-state index contributed by atoms with van der Waals surface area (Å²) in [5.74, 6) is -1.06. The van der Waals surface area contributed by atoms with Crippen LogP contribution in [0.25, 0.3) is 10.7 Å². The Morgan fingerprint density at radius 3 is 2.58 bits per heavy atom. The van der Waals surface area contributed by atoms with Crippen molar-refractivity contribution in [1.82, 2.24) is 9.97 Å². The molecular formula is C16H16N2O4S2.